The second-order valence-electron chi connectivity index (χ2n) is 6.03. The molecule has 0 amide bonds. The van der Waals surface area contributed by atoms with E-state index in [1.54, 1.807) is 0 Å². The molecule has 5 nitrogen and oxygen atoms in total. The highest BCUT2D eigenvalue weighted by Gasteiger charge is 2.23. The fourth-order valence-corrected chi connectivity index (χ4v) is 3.81. The molecule has 1 aromatic carbocycles. The minimum absolute atomic E-state index is 0.211. The van der Waals surface area contributed by atoms with Gasteiger partial charge < -0.3 is 4.74 Å². The average molecular weight is 356 g/mol. The molecule has 2 aromatic heterocycles. The van der Waals surface area contributed by atoms with Gasteiger partial charge in [-0.2, -0.15) is 0 Å². The molecule has 0 N–H and O–H groups in total. The molecule has 3 rings (SSSR count). The number of carbonyl (C=O) groups is 1. The molecule has 3 aromatic rings. The van der Waals surface area contributed by atoms with Gasteiger partial charge in [-0.05, 0) is 37.0 Å². The summed E-state index contributed by atoms with van der Waals surface area (Å²) in [7, 11) is 1.33. The summed E-state index contributed by atoms with van der Waals surface area (Å²) in [5.41, 5.74) is 4.00. The molecule has 0 aliphatic carbocycles. The lowest BCUT2D eigenvalue weighted by Crippen LogP contribution is -2.30. The Morgan fingerprint density at radius 3 is 2.72 bits per heavy atom. The highest BCUT2D eigenvalue weighted by Crippen LogP contribution is 2.32. The summed E-state index contributed by atoms with van der Waals surface area (Å²) in [6.07, 6.45) is 1.90. The third-order valence-corrected chi connectivity index (χ3v) is 5.42. The van der Waals surface area contributed by atoms with E-state index < -0.39 is 12.0 Å². The van der Waals surface area contributed by atoms with Gasteiger partial charge in [-0.15, -0.1) is 11.3 Å². The van der Waals surface area contributed by atoms with Crippen molar-refractivity contribution in [3.05, 3.63) is 51.4 Å². The van der Waals surface area contributed by atoms with Gasteiger partial charge in [0.15, 0.2) is 0 Å². The van der Waals surface area contributed by atoms with Gasteiger partial charge in [-0.3, -0.25) is 9.36 Å². The summed E-state index contributed by atoms with van der Waals surface area (Å²) in [5, 5.41) is 2.50. The standard InChI is InChI=1S/C19H20N2O3S/c1-5-15(19(23)24-4)21-10-20-17-16(18(21)22)14(9-25-17)13-7-6-11(2)12(3)8-13/h6-10,15H,5H2,1-4H3/t15-/m0/s1. The molecule has 130 valence electrons. The van der Waals surface area contributed by atoms with Gasteiger partial charge in [0.25, 0.3) is 5.56 Å². The number of fused-ring (bicyclic) bond motifs is 1. The fraction of sp³-hybridized carbons (Fsp3) is 0.316. The Bertz CT molecular complexity index is 1000. The Labute approximate surface area is 149 Å². The lowest BCUT2D eigenvalue weighted by molar-refractivity contribution is -0.144. The zero-order chi connectivity index (χ0) is 18.1. The second kappa shape index (κ2) is 6.80. The predicted octanol–water partition coefficient (Wildman–Crippen LogP) is 3.87. The van der Waals surface area contributed by atoms with Gasteiger partial charge in [0.1, 0.15) is 10.9 Å². The first-order valence-corrected chi connectivity index (χ1v) is 8.99. The van der Waals surface area contributed by atoms with Crippen LogP contribution in [-0.4, -0.2) is 22.6 Å². The number of aromatic nitrogens is 2. The number of hydrogen-bond acceptors (Lipinski definition) is 5. The van der Waals surface area contributed by atoms with Crippen molar-refractivity contribution in [2.45, 2.75) is 33.2 Å². The lowest BCUT2D eigenvalue weighted by atomic mass is 10.0. The number of nitrogens with zero attached hydrogens (tertiary/aromatic N) is 2. The maximum absolute atomic E-state index is 13.1. The lowest BCUT2D eigenvalue weighted by Gasteiger charge is -2.15. The van der Waals surface area contributed by atoms with E-state index in [1.165, 1.54) is 40.5 Å². The zero-order valence-electron chi connectivity index (χ0n) is 14.7. The van der Waals surface area contributed by atoms with Crippen LogP contribution in [0.1, 0.15) is 30.5 Å². The summed E-state index contributed by atoms with van der Waals surface area (Å²) in [4.78, 5) is 30.1. The highest BCUT2D eigenvalue weighted by atomic mass is 32.1. The van der Waals surface area contributed by atoms with Crippen LogP contribution in [-0.2, 0) is 9.53 Å². The van der Waals surface area contributed by atoms with Gasteiger partial charge in [0.05, 0.1) is 18.8 Å². The van der Waals surface area contributed by atoms with Crippen molar-refractivity contribution in [1.29, 1.82) is 0 Å². The molecule has 0 aliphatic heterocycles. The number of hydrogen-bond donors (Lipinski definition) is 0. The normalized spacial score (nSPS) is 12.3. The Morgan fingerprint density at radius 1 is 1.32 bits per heavy atom. The predicted molar refractivity (Wildman–Crippen MR) is 100 cm³/mol. The molecular formula is C19H20N2O3S. The van der Waals surface area contributed by atoms with Crippen molar-refractivity contribution in [3.63, 3.8) is 0 Å². The van der Waals surface area contributed by atoms with Crippen LogP contribution in [0, 0.1) is 13.8 Å². The summed E-state index contributed by atoms with van der Waals surface area (Å²) >= 11 is 1.43. The van der Waals surface area contributed by atoms with Crippen LogP contribution in [0.4, 0.5) is 0 Å². The number of ether oxygens (including phenoxy) is 1. The topological polar surface area (TPSA) is 61.2 Å². The molecule has 6 heteroatoms. The van der Waals surface area contributed by atoms with Crippen molar-refractivity contribution in [1.82, 2.24) is 9.55 Å². The average Bonchev–Trinajstić information content (AvgIpc) is 3.04. The number of rotatable bonds is 4. The molecule has 25 heavy (non-hydrogen) atoms. The molecule has 0 spiro atoms. The summed E-state index contributed by atoms with van der Waals surface area (Å²) in [5.74, 6) is -0.436. The highest BCUT2D eigenvalue weighted by molar-refractivity contribution is 7.17. The Balaban J connectivity index is 2.23. The summed E-state index contributed by atoms with van der Waals surface area (Å²) in [6, 6.07) is 5.47. The quantitative estimate of drug-likeness (QED) is 0.666. The van der Waals surface area contributed by atoms with Crippen molar-refractivity contribution in [2.24, 2.45) is 0 Å². The molecule has 2 heterocycles. The number of esters is 1. The van der Waals surface area contributed by atoms with Crippen molar-refractivity contribution < 1.29 is 9.53 Å². The molecule has 0 saturated heterocycles. The third kappa shape index (κ3) is 2.98. The molecule has 0 radical (unpaired) electrons. The van der Waals surface area contributed by atoms with E-state index in [0.29, 0.717) is 16.6 Å². The monoisotopic (exact) mass is 356 g/mol. The van der Waals surface area contributed by atoms with Gasteiger partial charge in [-0.1, -0.05) is 25.1 Å². The number of aryl methyl sites for hydroxylation is 2. The molecule has 1 atom stereocenters. The molecule has 0 saturated carbocycles. The molecule has 0 bridgehead atoms. The van der Waals surface area contributed by atoms with Crippen molar-refractivity contribution >= 4 is 27.5 Å². The van der Waals surface area contributed by atoms with E-state index in [2.05, 4.69) is 18.0 Å². The van der Waals surface area contributed by atoms with E-state index in [0.717, 1.165) is 11.1 Å². The van der Waals surface area contributed by atoms with Crippen LogP contribution < -0.4 is 5.56 Å². The molecule has 0 aliphatic rings. The fourth-order valence-electron chi connectivity index (χ4n) is 2.90. The summed E-state index contributed by atoms with van der Waals surface area (Å²) < 4.78 is 6.21. The van der Waals surface area contributed by atoms with E-state index in [-0.39, 0.29) is 5.56 Å². The Hall–Kier alpha value is -2.47. The SMILES string of the molecule is CC[C@@H](C(=O)OC)n1cnc2scc(-c3ccc(C)c(C)c3)c2c1=O. The Kier molecular flexibility index (Phi) is 4.72. The van der Waals surface area contributed by atoms with Gasteiger partial charge in [-0.25, -0.2) is 9.78 Å². The van der Waals surface area contributed by atoms with E-state index in [9.17, 15) is 9.59 Å². The summed E-state index contributed by atoms with van der Waals surface area (Å²) in [6.45, 7) is 5.95. The first-order valence-electron chi connectivity index (χ1n) is 8.11. The maximum Gasteiger partial charge on any atom is 0.329 e. The van der Waals surface area contributed by atoms with Crippen LogP contribution in [0.25, 0.3) is 21.3 Å². The van der Waals surface area contributed by atoms with Crippen LogP contribution >= 0.6 is 11.3 Å². The Morgan fingerprint density at radius 2 is 2.08 bits per heavy atom. The van der Waals surface area contributed by atoms with E-state index in [1.807, 2.05) is 31.4 Å². The van der Waals surface area contributed by atoms with Gasteiger partial charge in [0.2, 0.25) is 0 Å². The minimum atomic E-state index is -0.665. The van der Waals surface area contributed by atoms with Crippen LogP contribution in [0.2, 0.25) is 0 Å². The largest absolute Gasteiger partial charge is 0.467 e. The van der Waals surface area contributed by atoms with Crippen LogP contribution in [0.3, 0.4) is 0 Å². The first kappa shape index (κ1) is 17.4. The smallest absolute Gasteiger partial charge is 0.329 e. The number of thiophene rings is 1. The van der Waals surface area contributed by atoms with Crippen molar-refractivity contribution in [2.75, 3.05) is 7.11 Å². The molecule has 0 fully saturated rings. The third-order valence-electron chi connectivity index (χ3n) is 4.53. The second-order valence-corrected chi connectivity index (χ2v) is 6.89. The van der Waals surface area contributed by atoms with Gasteiger partial charge >= 0.3 is 5.97 Å². The molecule has 0 unspecified atom stereocenters. The number of carbonyl (C=O) groups excluding carboxylic acids is 1. The van der Waals surface area contributed by atoms with Crippen LogP contribution in [0.15, 0.2) is 34.7 Å². The molecular weight excluding hydrogens is 336 g/mol. The number of benzene rings is 1. The van der Waals surface area contributed by atoms with Crippen LogP contribution in [0.5, 0.6) is 0 Å². The maximum atomic E-state index is 13.1. The van der Waals surface area contributed by atoms with Gasteiger partial charge in [0, 0.05) is 10.9 Å². The van der Waals surface area contributed by atoms with E-state index >= 15 is 0 Å². The first-order chi connectivity index (χ1) is 12.0. The zero-order valence-corrected chi connectivity index (χ0v) is 15.5. The van der Waals surface area contributed by atoms with E-state index in [4.69, 9.17) is 4.74 Å². The van der Waals surface area contributed by atoms with Crippen molar-refractivity contribution in [3.8, 4) is 11.1 Å². The number of methoxy groups -OCH3 is 1. The minimum Gasteiger partial charge on any atom is -0.467 e.